The van der Waals surface area contributed by atoms with E-state index in [0.29, 0.717) is 24.2 Å². The molecule has 4 nitrogen and oxygen atoms in total. The van der Waals surface area contributed by atoms with Crippen molar-refractivity contribution < 1.29 is 20.1 Å². The van der Waals surface area contributed by atoms with Gasteiger partial charge < -0.3 is 15.3 Å². The molecule has 0 bridgehead atoms. The van der Waals surface area contributed by atoms with Crippen molar-refractivity contribution in [1.82, 2.24) is 0 Å². The Balaban J connectivity index is 1.73. The average molecular weight is 365 g/mol. The topological polar surface area (TPSA) is 77.8 Å². The number of carbonyl (C=O) groups is 1. The second kappa shape index (κ2) is 5.78. The van der Waals surface area contributed by atoms with Crippen molar-refractivity contribution in [3.05, 3.63) is 0 Å². The molecule has 0 aromatic carbocycles. The lowest BCUT2D eigenvalue weighted by molar-refractivity contribution is -0.203. The van der Waals surface area contributed by atoms with E-state index in [-0.39, 0.29) is 29.1 Å². The minimum atomic E-state index is -1.32. The summed E-state index contributed by atoms with van der Waals surface area (Å²) in [6.45, 7) is 7.92. The Kier molecular flexibility index (Phi) is 4.20. The van der Waals surface area contributed by atoms with Crippen molar-refractivity contribution in [2.75, 3.05) is 0 Å². The van der Waals surface area contributed by atoms with E-state index < -0.39 is 17.1 Å². The van der Waals surface area contributed by atoms with Crippen molar-refractivity contribution in [1.29, 1.82) is 0 Å². The van der Waals surface area contributed by atoms with Gasteiger partial charge in [0.25, 0.3) is 0 Å². The monoisotopic (exact) mass is 364 g/mol. The maximum absolute atomic E-state index is 12.5. The van der Waals surface area contributed by atoms with Crippen LogP contribution in [0.1, 0.15) is 72.6 Å². The number of hydrogen-bond acceptors (Lipinski definition) is 4. The fourth-order valence-corrected chi connectivity index (χ4v) is 8.44. The lowest BCUT2D eigenvalue weighted by Gasteiger charge is -2.62. The molecule has 148 valence electrons. The molecule has 0 aromatic rings. The van der Waals surface area contributed by atoms with Crippen molar-refractivity contribution in [2.24, 2.45) is 40.4 Å². The second-order valence-electron chi connectivity index (χ2n) is 10.7. The van der Waals surface area contributed by atoms with Crippen LogP contribution in [-0.2, 0) is 4.79 Å². The predicted molar refractivity (Wildman–Crippen MR) is 99.3 cm³/mol. The smallest absolute Gasteiger partial charge is 0.162 e. The highest BCUT2D eigenvalue weighted by molar-refractivity contribution is 5.86. The molecule has 0 saturated heterocycles. The van der Waals surface area contributed by atoms with Crippen LogP contribution in [0.4, 0.5) is 0 Å². The molecule has 4 aliphatic carbocycles. The van der Waals surface area contributed by atoms with Crippen LogP contribution < -0.4 is 0 Å². The van der Waals surface area contributed by atoms with Crippen molar-refractivity contribution in [3.63, 3.8) is 0 Å². The van der Waals surface area contributed by atoms with Crippen LogP contribution in [0, 0.1) is 40.4 Å². The third-order valence-corrected chi connectivity index (χ3v) is 9.69. The van der Waals surface area contributed by atoms with Crippen LogP contribution in [0.15, 0.2) is 0 Å². The van der Waals surface area contributed by atoms with Gasteiger partial charge in [-0.2, -0.15) is 0 Å². The number of rotatable bonds is 1. The number of fused-ring (bicyclic) bond motifs is 5. The van der Waals surface area contributed by atoms with Gasteiger partial charge in [0.15, 0.2) is 5.78 Å². The minimum Gasteiger partial charge on any atom is -0.393 e. The van der Waals surface area contributed by atoms with E-state index in [1.54, 1.807) is 0 Å². The zero-order valence-corrected chi connectivity index (χ0v) is 16.7. The highest BCUT2D eigenvalue weighted by Crippen LogP contribution is 2.69. The summed E-state index contributed by atoms with van der Waals surface area (Å²) in [4.78, 5) is 12.5. The molecule has 3 N–H and O–H groups in total. The zero-order valence-electron chi connectivity index (χ0n) is 16.7. The molecule has 4 fully saturated rings. The van der Waals surface area contributed by atoms with Crippen LogP contribution in [0.25, 0.3) is 0 Å². The minimum absolute atomic E-state index is 0.0559. The summed E-state index contributed by atoms with van der Waals surface area (Å²) in [5.74, 6) is 1.19. The van der Waals surface area contributed by atoms with Crippen LogP contribution in [0.3, 0.4) is 0 Å². The van der Waals surface area contributed by atoms with E-state index in [0.717, 1.165) is 38.5 Å². The molecule has 0 spiro atoms. The first kappa shape index (κ1) is 18.9. The third-order valence-electron chi connectivity index (χ3n) is 9.69. The Morgan fingerprint density at radius 1 is 1.08 bits per heavy atom. The summed E-state index contributed by atoms with van der Waals surface area (Å²) in [5.41, 5.74) is -1.77. The summed E-state index contributed by atoms with van der Waals surface area (Å²) >= 11 is 0. The molecule has 4 heteroatoms. The quantitative estimate of drug-likeness (QED) is 0.668. The van der Waals surface area contributed by atoms with E-state index in [1.165, 1.54) is 6.92 Å². The second-order valence-corrected chi connectivity index (χ2v) is 10.7. The van der Waals surface area contributed by atoms with Crippen molar-refractivity contribution in [3.8, 4) is 0 Å². The fraction of sp³-hybridized carbons (Fsp3) is 0.955. The van der Waals surface area contributed by atoms with E-state index in [9.17, 15) is 20.1 Å². The van der Waals surface area contributed by atoms with Gasteiger partial charge in [-0.1, -0.05) is 20.8 Å². The standard InChI is InChI=1S/C22H36O4/c1-12-9-17-16-6-5-14-10-15(24)7-8-20(14,3)19(16)18(25)11-21(17,4)22(12,26)13(2)23/h12,14-19,24-26H,5-11H2,1-4H3/t12-,14?,15?,16?,17?,18-,19?,20?,21?,22+/m1/s1. The Morgan fingerprint density at radius 3 is 2.42 bits per heavy atom. The van der Waals surface area contributed by atoms with Gasteiger partial charge in [-0.25, -0.2) is 0 Å². The average Bonchev–Trinajstić information content (AvgIpc) is 2.76. The summed E-state index contributed by atoms with van der Waals surface area (Å²) in [5, 5.41) is 32.9. The molecule has 7 unspecified atom stereocenters. The Bertz CT molecular complexity index is 605. The van der Waals surface area contributed by atoms with Gasteiger partial charge in [0, 0.05) is 5.41 Å². The van der Waals surface area contributed by atoms with E-state index in [1.807, 2.05) is 6.92 Å². The van der Waals surface area contributed by atoms with E-state index >= 15 is 0 Å². The third kappa shape index (κ3) is 2.15. The van der Waals surface area contributed by atoms with Crippen LogP contribution in [0.2, 0.25) is 0 Å². The van der Waals surface area contributed by atoms with Gasteiger partial charge in [0.1, 0.15) is 5.60 Å². The predicted octanol–water partition coefficient (Wildman–Crippen LogP) is 2.93. The lowest BCUT2D eigenvalue weighted by atomic mass is 9.43. The van der Waals surface area contributed by atoms with Gasteiger partial charge in [-0.15, -0.1) is 0 Å². The number of ketones is 1. The molecular formula is C22H36O4. The highest BCUT2D eigenvalue weighted by Gasteiger charge is 2.70. The first-order chi connectivity index (χ1) is 12.1. The van der Waals surface area contributed by atoms with Crippen LogP contribution in [0.5, 0.6) is 0 Å². The fourth-order valence-electron chi connectivity index (χ4n) is 8.44. The van der Waals surface area contributed by atoms with Gasteiger partial charge in [0.05, 0.1) is 12.2 Å². The molecule has 0 amide bonds. The molecule has 26 heavy (non-hydrogen) atoms. The molecular weight excluding hydrogens is 328 g/mol. The summed E-state index contributed by atoms with van der Waals surface area (Å²) in [7, 11) is 0. The number of aliphatic hydroxyl groups is 3. The maximum Gasteiger partial charge on any atom is 0.162 e. The SMILES string of the molecule is CC(=O)[C@@]1(O)[C@H](C)CC2C3CCC4CC(O)CCC4(C)C3[C@H](O)CC21C. The van der Waals surface area contributed by atoms with Gasteiger partial charge in [-0.05, 0) is 86.9 Å². The Labute approximate surface area is 157 Å². The van der Waals surface area contributed by atoms with Gasteiger partial charge in [0.2, 0.25) is 0 Å². The summed E-state index contributed by atoms with van der Waals surface area (Å²) < 4.78 is 0. The number of aliphatic hydroxyl groups excluding tert-OH is 2. The van der Waals surface area contributed by atoms with Crippen molar-refractivity contribution in [2.45, 2.75) is 90.4 Å². The molecule has 10 atom stereocenters. The maximum atomic E-state index is 12.5. The normalized spacial score (nSPS) is 59.3. The zero-order chi connectivity index (χ0) is 19.1. The molecule has 0 radical (unpaired) electrons. The first-order valence-electron chi connectivity index (χ1n) is 10.6. The molecule has 0 aliphatic heterocycles. The molecule has 0 aromatic heterocycles. The van der Waals surface area contributed by atoms with Gasteiger partial charge in [-0.3, -0.25) is 4.79 Å². The molecule has 0 heterocycles. The Hall–Kier alpha value is -0.450. The Morgan fingerprint density at radius 2 is 1.77 bits per heavy atom. The largest absolute Gasteiger partial charge is 0.393 e. The summed E-state index contributed by atoms with van der Waals surface area (Å²) in [6, 6.07) is 0. The first-order valence-corrected chi connectivity index (χ1v) is 10.6. The van der Waals surface area contributed by atoms with E-state index in [2.05, 4.69) is 13.8 Å². The molecule has 4 saturated carbocycles. The molecule has 4 aliphatic rings. The lowest BCUT2D eigenvalue weighted by Crippen LogP contribution is -2.63. The number of Topliss-reactive ketones (excluding diaryl/α,β-unsaturated/α-hetero) is 1. The van der Waals surface area contributed by atoms with Crippen LogP contribution >= 0.6 is 0 Å². The number of hydrogen-bond donors (Lipinski definition) is 3. The van der Waals surface area contributed by atoms with E-state index in [4.69, 9.17) is 0 Å². The highest BCUT2D eigenvalue weighted by atomic mass is 16.3. The van der Waals surface area contributed by atoms with Crippen molar-refractivity contribution >= 4 is 5.78 Å². The van der Waals surface area contributed by atoms with Crippen LogP contribution in [-0.4, -0.2) is 38.9 Å². The molecule has 4 rings (SSSR count). The number of carbonyl (C=O) groups excluding carboxylic acids is 1. The van der Waals surface area contributed by atoms with Gasteiger partial charge >= 0.3 is 0 Å². The summed E-state index contributed by atoms with van der Waals surface area (Å²) in [6.07, 6.45) is 5.56.